The molecule has 0 saturated carbocycles. The molecule has 0 aliphatic carbocycles. The van der Waals surface area contributed by atoms with E-state index >= 15 is 0 Å². The van der Waals surface area contributed by atoms with E-state index in [9.17, 15) is 13.0 Å². The largest absolute Gasteiger partial charge is 2.00 e. The van der Waals surface area contributed by atoms with Crippen molar-refractivity contribution < 1.29 is 32.4 Å². The van der Waals surface area contributed by atoms with Gasteiger partial charge < -0.3 is 10.3 Å². The van der Waals surface area contributed by atoms with Crippen LogP contribution < -0.4 is 0 Å². The summed E-state index contributed by atoms with van der Waals surface area (Å²) in [5.41, 5.74) is 6.28. The van der Waals surface area contributed by atoms with Crippen LogP contribution in [0, 0.1) is 0 Å². The molecular formula is C2H5NO3SZn. The smallest absolute Gasteiger partial charge is 0.748 e. The second-order valence-corrected chi connectivity index (χ2v) is 2.54. The van der Waals surface area contributed by atoms with Crippen LogP contribution in [0.3, 0.4) is 0 Å². The van der Waals surface area contributed by atoms with E-state index in [2.05, 4.69) is 0 Å². The third-order valence-corrected chi connectivity index (χ3v) is 1.06. The molecule has 0 radical (unpaired) electrons. The van der Waals surface area contributed by atoms with Crippen LogP contribution in [-0.4, -0.2) is 25.3 Å². The van der Waals surface area contributed by atoms with Crippen molar-refractivity contribution >= 4 is 10.1 Å². The maximum absolute atomic E-state index is 9.56. The second kappa shape index (κ2) is 4.38. The SMILES string of the molecule is [NH-]CCS(=O)(=O)[O-].[Zn+2]. The Kier molecular flexibility index (Phi) is 6.19. The van der Waals surface area contributed by atoms with Crippen molar-refractivity contribution in [2.75, 3.05) is 12.3 Å². The maximum Gasteiger partial charge on any atom is 2.00 e. The molecule has 0 spiro atoms. The van der Waals surface area contributed by atoms with Gasteiger partial charge in [-0.15, -0.1) is 6.54 Å². The Bertz CT molecular complexity index is 130. The van der Waals surface area contributed by atoms with Gasteiger partial charge in [-0.2, -0.15) is 0 Å². The van der Waals surface area contributed by atoms with Gasteiger partial charge in [0.2, 0.25) is 0 Å². The fourth-order valence-electron chi connectivity index (χ4n) is 0.125. The van der Waals surface area contributed by atoms with Crippen molar-refractivity contribution in [3.63, 3.8) is 0 Å². The average molecular weight is 189 g/mol. The van der Waals surface area contributed by atoms with Gasteiger partial charge in [0, 0.05) is 5.75 Å². The van der Waals surface area contributed by atoms with E-state index in [1.54, 1.807) is 0 Å². The Balaban J connectivity index is 0. The first-order valence-corrected chi connectivity index (χ1v) is 3.22. The van der Waals surface area contributed by atoms with E-state index in [4.69, 9.17) is 5.73 Å². The summed E-state index contributed by atoms with van der Waals surface area (Å²) in [6, 6.07) is 0. The molecule has 0 aliphatic heterocycles. The molecule has 0 aromatic rings. The van der Waals surface area contributed by atoms with E-state index in [0.717, 1.165) is 0 Å². The predicted octanol–water partition coefficient (Wildman–Crippen LogP) is -0.419. The summed E-state index contributed by atoms with van der Waals surface area (Å²) < 4.78 is 28.7. The van der Waals surface area contributed by atoms with Crippen LogP contribution in [0.25, 0.3) is 5.73 Å². The molecule has 0 rings (SSSR count). The van der Waals surface area contributed by atoms with E-state index in [1.807, 2.05) is 0 Å². The molecule has 0 saturated heterocycles. The normalized spacial score (nSPS) is 10.2. The van der Waals surface area contributed by atoms with E-state index < -0.39 is 15.9 Å². The Morgan fingerprint density at radius 1 is 1.50 bits per heavy atom. The molecule has 0 aromatic carbocycles. The molecule has 6 heteroatoms. The second-order valence-electron chi connectivity index (χ2n) is 1.01. The average Bonchev–Trinajstić information content (AvgIpc) is 1.30. The zero-order valence-corrected chi connectivity index (χ0v) is 8.04. The summed E-state index contributed by atoms with van der Waals surface area (Å²) in [7, 11) is -4.11. The van der Waals surface area contributed by atoms with Crippen LogP contribution in [0.4, 0.5) is 0 Å². The van der Waals surface area contributed by atoms with Gasteiger partial charge in [-0.1, -0.05) is 0 Å². The monoisotopic (exact) mass is 187 g/mol. The summed E-state index contributed by atoms with van der Waals surface area (Å²) in [5.74, 6) is -0.576. The van der Waals surface area contributed by atoms with Crippen LogP contribution in [0.1, 0.15) is 0 Å². The van der Waals surface area contributed by atoms with E-state index in [0.29, 0.717) is 0 Å². The van der Waals surface area contributed by atoms with Crippen molar-refractivity contribution in [3.8, 4) is 0 Å². The molecule has 0 aromatic heterocycles. The summed E-state index contributed by atoms with van der Waals surface area (Å²) in [6.45, 7) is -0.341. The van der Waals surface area contributed by atoms with Gasteiger partial charge in [0.05, 0.1) is 10.1 Å². The van der Waals surface area contributed by atoms with Crippen molar-refractivity contribution in [1.29, 1.82) is 0 Å². The molecule has 1 N–H and O–H groups in total. The predicted molar refractivity (Wildman–Crippen MR) is 23.8 cm³/mol. The summed E-state index contributed by atoms with van der Waals surface area (Å²) in [4.78, 5) is 0. The van der Waals surface area contributed by atoms with Gasteiger partial charge >= 0.3 is 19.5 Å². The molecule has 0 atom stereocenters. The van der Waals surface area contributed by atoms with Crippen molar-refractivity contribution in [2.24, 2.45) is 0 Å². The third kappa shape index (κ3) is 9.71. The zero-order valence-electron chi connectivity index (χ0n) is 4.25. The molecule has 4 nitrogen and oxygen atoms in total. The molecule has 0 heterocycles. The number of nitrogens with one attached hydrogen (secondary N) is 1. The first-order valence-electron chi connectivity index (χ1n) is 1.64. The Labute approximate surface area is 61.0 Å². The third-order valence-electron chi connectivity index (χ3n) is 0.352. The Morgan fingerprint density at radius 3 is 1.88 bits per heavy atom. The molecule has 44 valence electrons. The Hall–Kier alpha value is 0.493. The van der Waals surface area contributed by atoms with Crippen molar-refractivity contribution in [1.82, 2.24) is 0 Å². The first-order chi connectivity index (χ1) is 3.06. The van der Waals surface area contributed by atoms with Crippen LogP contribution in [0.5, 0.6) is 0 Å². The molecule has 0 aliphatic rings. The van der Waals surface area contributed by atoms with Gasteiger partial charge in [-0.25, -0.2) is 8.42 Å². The molecular weight excluding hydrogens is 183 g/mol. The zero-order chi connectivity index (χ0) is 5.91. The number of rotatable bonds is 2. The molecule has 8 heavy (non-hydrogen) atoms. The van der Waals surface area contributed by atoms with Gasteiger partial charge in [-0.05, 0) is 0 Å². The molecule has 0 unspecified atom stereocenters. The molecule has 0 bridgehead atoms. The molecule has 0 fully saturated rings. The van der Waals surface area contributed by atoms with Crippen LogP contribution in [0.15, 0.2) is 0 Å². The summed E-state index contributed by atoms with van der Waals surface area (Å²) in [6.07, 6.45) is 0. The fourth-order valence-corrected chi connectivity index (χ4v) is 0.375. The number of hydrogen-bond donors (Lipinski definition) is 0. The summed E-state index contributed by atoms with van der Waals surface area (Å²) >= 11 is 0. The van der Waals surface area contributed by atoms with Gasteiger partial charge in [0.25, 0.3) is 0 Å². The fraction of sp³-hybridized carbons (Fsp3) is 1.00. The Morgan fingerprint density at radius 2 is 1.88 bits per heavy atom. The number of hydrogen-bond acceptors (Lipinski definition) is 3. The summed E-state index contributed by atoms with van der Waals surface area (Å²) in [5, 5.41) is 0. The van der Waals surface area contributed by atoms with Crippen molar-refractivity contribution in [3.05, 3.63) is 5.73 Å². The minimum absolute atomic E-state index is 0. The van der Waals surface area contributed by atoms with Gasteiger partial charge in [-0.3, -0.25) is 0 Å². The van der Waals surface area contributed by atoms with E-state index in [-0.39, 0.29) is 26.0 Å². The standard InChI is InChI=1S/C2H6NO3S.Zn/c3-1-2-7(4,5)6;/h3H,1-2H2,(H,4,5,6);/q-1;+2/p-1. The van der Waals surface area contributed by atoms with Crippen LogP contribution in [0.2, 0.25) is 0 Å². The van der Waals surface area contributed by atoms with Crippen LogP contribution in [-0.2, 0) is 29.6 Å². The maximum atomic E-state index is 9.56. The minimum atomic E-state index is -4.11. The van der Waals surface area contributed by atoms with Crippen LogP contribution >= 0.6 is 0 Å². The van der Waals surface area contributed by atoms with Crippen molar-refractivity contribution in [2.45, 2.75) is 0 Å². The first kappa shape index (κ1) is 11.3. The van der Waals surface area contributed by atoms with Gasteiger partial charge in [0.15, 0.2) is 0 Å². The molecule has 0 amide bonds. The topological polar surface area (TPSA) is 81.0 Å². The van der Waals surface area contributed by atoms with Gasteiger partial charge in [0.1, 0.15) is 0 Å². The van der Waals surface area contributed by atoms with E-state index in [1.165, 1.54) is 0 Å². The quantitative estimate of drug-likeness (QED) is 0.436. The minimum Gasteiger partial charge on any atom is -0.748 e.